The lowest BCUT2D eigenvalue weighted by molar-refractivity contribution is 0.291. The van der Waals surface area contributed by atoms with E-state index in [1.807, 2.05) is 0 Å². The zero-order valence-corrected chi connectivity index (χ0v) is 10.5. The van der Waals surface area contributed by atoms with E-state index in [1.54, 1.807) is 6.92 Å². The van der Waals surface area contributed by atoms with Crippen LogP contribution >= 0.6 is 0 Å². The van der Waals surface area contributed by atoms with Crippen LogP contribution in [-0.4, -0.2) is 51.0 Å². The van der Waals surface area contributed by atoms with Gasteiger partial charge in [-0.2, -0.15) is 0 Å². The maximum absolute atomic E-state index is 11.3. The predicted molar refractivity (Wildman–Crippen MR) is 62.5 cm³/mol. The number of nitrogens with two attached hydrogens (primary N) is 1. The Labute approximate surface area is 92.7 Å². The van der Waals surface area contributed by atoms with Gasteiger partial charge in [0.2, 0.25) is 0 Å². The summed E-state index contributed by atoms with van der Waals surface area (Å²) in [4.78, 5) is 2.21. The van der Waals surface area contributed by atoms with Crippen molar-refractivity contribution in [2.24, 2.45) is 11.1 Å². The van der Waals surface area contributed by atoms with Gasteiger partial charge in [0.25, 0.3) is 0 Å². The summed E-state index contributed by atoms with van der Waals surface area (Å²) >= 11 is 0. The van der Waals surface area contributed by atoms with Gasteiger partial charge >= 0.3 is 0 Å². The van der Waals surface area contributed by atoms with E-state index < -0.39 is 9.84 Å². The lowest BCUT2D eigenvalue weighted by atomic mass is 9.90. The summed E-state index contributed by atoms with van der Waals surface area (Å²) < 4.78 is 22.7. The van der Waals surface area contributed by atoms with Crippen LogP contribution in [0.15, 0.2) is 0 Å². The van der Waals surface area contributed by atoms with Crippen LogP contribution in [0, 0.1) is 5.41 Å². The second kappa shape index (κ2) is 4.80. The molecule has 1 aliphatic heterocycles. The van der Waals surface area contributed by atoms with Crippen molar-refractivity contribution < 1.29 is 8.42 Å². The topological polar surface area (TPSA) is 63.4 Å². The fourth-order valence-corrected chi connectivity index (χ4v) is 2.72. The van der Waals surface area contributed by atoms with E-state index in [4.69, 9.17) is 5.73 Å². The normalized spacial score (nSPS) is 28.5. The van der Waals surface area contributed by atoms with Crippen molar-refractivity contribution in [2.45, 2.75) is 20.3 Å². The Morgan fingerprint density at radius 1 is 1.47 bits per heavy atom. The van der Waals surface area contributed by atoms with Gasteiger partial charge < -0.3 is 10.6 Å². The van der Waals surface area contributed by atoms with Crippen molar-refractivity contribution in [2.75, 3.05) is 37.7 Å². The molecule has 1 saturated heterocycles. The molecule has 0 spiro atoms. The number of hydrogen-bond acceptors (Lipinski definition) is 4. The first-order chi connectivity index (χ1) is 6.91. The highest BCUT2D eigenvalue weighted by Crippen LogP contribution is 2.28. The number of nitrogens with zero attached hydrogens (tertiary/aromatic N) is 1. The molecule has 0 aliphatic carbocycles. The van der Waals surface area contributed by atoms with Gasteiger partial charge in [-0.25, -0.2) is 8.42 Å². The van der Waals surface area contributed by atoms with Crippen LogP contribution in [0.1, 0.15) is 20.3 Å². The second-order valence-corrected chi connectivity index (χ2v) is 7.25. The standard InChI is InChI=1S/C10H22N2O2S/c1-3-15(13,14)7-6-12-5-4-10(2,8-11)9-12/h3-9,11H2,1-2H3. The smallest absolute Gasteiger partial charge is 0.151 e. The van der Waals surface area contributed by atoms with Crippen molar-refractivity contribution in [3.05, 3.63) is 0 Å². The Kier molecular flexibility index (Phi) is 4.14. The van der Waals surface area contributed by atoms with Crippen LogP contribution in [0.5, 0.6) is 0 Å². The molecule has 0 saturated carbocycles. The van der Waals surface area contributed by atoms with Crippen LogP contribution < -0.4 is 5.73 Å². The SMILES string of the molecule is CCS(=O)(=O)CCN1CCC(C)(CN)C1. The summed E-state index contributed by atoms with van der Waals surface area (Å²) in [5.41, 5.74) is 5.88. The molecule has 0 aromatic carbocycles. The average Bonchev–Trinajstić information content (AvgIpc) is 2.59. The summed E-state index contributed by atoms with van der Waals surface area (Å²) in [6.45, 7) is 7.12. The molecule has 1 heterocycles. The maximum Gasteiger partial charge on any atom is 0.151 e. The van der Waals surface area contributed by atoms with E-state index in [0.717, 1.165) is 19.5 Å². The van der Waals surface area contributed by atoms with Crippen LogP contribution in [0.4, 0.5) is 0 Å². The number of likely N-dealkylation sites (tertiary alicyclic amines) is 1. The monoisotopic (exact) mass is 234 g/mol. The predicted octanol–water partition coefficient (Wildman–Crippen LogP) is 0.0918. The van der Waals surface area contributed by atoms with Gasteiger partial charge in [-0.15, -0.1) is 0 Å². The lowest BCUT2D eigenvalue weighted by Crippen LogP contribution is -2.33. The molecule has 0 amide bonds. The van der Waals surface area contributed by atoms with Crippen molar-refractivity contribution >= 4 is 9.84 Å². The van der Waals surface area contributed by atoms with E-state index in [0.29, 0.717) is 13.1 Å². The molecule has 90 valence electrons. The second-order valence-electron chi connectivity index (χ2n) is 4.78. The zero-order valence-electron chi connectivity index (χ0n) is 9.70. The molecule has 0 aromatic heterocycles. The fourth-order valence-electron chi connectivity index (χ4n) is 1.90. The first-order valence-electron chi connectivity index (χ1n) is 5.54. The van der Waals surface area contributed by atoms with Gasteiger partial charge in [0.05, 0.1) is 5.75 Å². The van der Waals surface area contributed by atoms with Gasteiger partial charge in [-0.05, 0) is 24.9 Å². The highest BCUT2D eigenvalue weighted by Gasteiger charge is 2.32. The third-order valence-corrected chi connectivity index (χ3v) is 4.97. The molecule has 0 bridgehead atoms. The van der Waals surface area contributed by atoms with Crippen molar-refractivity contribution in [3.63, 3.8) is 0 Å². The van der Waals surface area contributed by atoms with E-state index >= 15 is 0 Å². The minimum absolute atomic E-state index is 0.190. The Morgan fingerprint density at radius 3 is 2.60 bits per heavy atom. The number of hydrogen-bond donors (Lipinski definition) is 1. The molecule has 1 fully saturated rings. The molecule has 2 N–H and O–H groups in total. The Hall–Kier alpha value is -0.130. The Morgan fingerprint density at radius 2 is 2.13 bits per heavy atom. The van der Waals surface area contributed by atoms with E-state index in [2.05, 4.69) is 11.8 Å². The molecule has 15 heavy (non-hydrogen) atoms. The number of rotatable bonds is 5. The molecule has 0 radical (unpaired) electrons. The molecule has 1 aliphatic rings. The zero-order chi connectivity index (χ0) is 11.5. The minimum Gasteiger partial charge on any atom is -0.330 e. The van der Waals surface area contributed by atoms with Gasteiger partial charge in [-0.3, -0.25) is 0 Å². The summed E-state index contributed by atoms with van der Waals surface area (Å²) in [5.74, 6) is 0.527. The average molecular weight is 234 g/mol. The van der Waals surface area contributed by atoms with Gasteiger partial charge in [0, 0.05) is 18.8 Å². The quantitative estimate of drug-likeness (QED) is 0.732. The van der Waals surface area contributed by atoms with Crippen molar-refractivity contribution in [1.82, 2.24) is 4.90 Å². The Bertz CT molecular complexity index is 303. The van der Waals surface area contributed by atoms with Gasteiger partial charge in [0.15, 0.2) is 9.84 Å². The molecule has 1 unspecified atom stereocenters. The Balaban J connectivity index is 2.38. The minimum atomic E-state index is -2.82. The molecule has 4 nitrogen and oxygen atoms in total. The molecular formula is C10H22N2O2S. The highest BCUT2D eigenvalue weighted by atomic mass is 32.2. The third-order valence-electron chi connectivity index (χ3n) is 3.29. The van der Waals surface area contributed by atoms with Gasteiger partial charge in [-0.1, -0.05) is 13.8 Å². The first kappa shape index (κ1) is 12.9. The highest BCUT2D eigenvalue weighted by molar-refractivity contribution is 7.91. The third kappa shape index (κ3) is 3.74. The molecule has 1 atom stereocenters. The van der Waals surface area contributed by atoms with Crippen LogP contribution in [0.25, 0.3) is 0 Å². The van der Waals surface area contributed by atoms with Gasteiger partial charge in [0.1, 0.15) is 0 Å². The van der Waals surface area contributed by atoms with E-state index in [1.165, 1.54) is 0 Å². The lowest BCUT2D eigenvalue weighted by Gasteiger charge is -2.22. The maximum atomic E-state index is 11.3. The summed E-state index contributed by atoms with van der Waals surface area (Å²) in [5, 5.41) is 0. The summed E-state index contributed by atoms with van der Waals surface area (Å²) in [7, 11) is -2.82. The summed E-state index contributed by atoms with van der Waals surface area (Å²) in [6, 6.07) is 0. The molecular weight excluding hydrogens is 212 g/mol. The number of sulfone groups is 1. The molecule has 0 aromatic rings. The van der Waals surface area contributed by atoms with E-state index in [9.17, 15) is 8.42 Å². The fraction of sp³-hybridized carbons (Fsp3) is 1.00. The van der Waals surface area contributed by atoms with E-state index in [-0.39, 0.29) is 16.9 Å². The van der Waals surface area contributed by atoms with Crippen molar-refractivity contribution in [3.8, 4) is 0 Å². The largest absolute Gasteiger partial charge is 0.330 e. The van der Waals surface area contributed by atoms with Crippen LogP contribution in [0.3, 0.4) is 0 Å². The first-order valence-corrected chi connectivity index (χ1v) is 7.36. The van der Waals surface area contributed by atoms with Crippen molar-refractivity contribution in [1.29, 1.82) is 0 Å². The van der Waals surface area contributed by atoms with Crippen LogP contribution in [0.2, 0.25) is 0 Å². The van der Waals surface area contributed by atoms with Crippen LogP contribution in [-0.2, 0) is 9.84 Å². The molecule has 1 rings (SSSR count). The summed E-state index contributed by atoms with van der Waals surface area (Å²) in [6.07, 6.45) is 1.08. The molecule has 5 heteroatoms.